The van der Waals surface area contributed by atoms with Crippen LogP contribution in [-0.2, 0) is 0 Å². The molecule has 92 valence electrons. The highest BCUT2D eigenvalue weighted by Gasteiger charge is 2.13. The van der Waals surface area contributed by atoms with Gasteiger partial charge in [-0.1, -0.05) is 23.7 Å². The van der Waals surface area contributed by atoms with Crippen molar-refractivity contribution < 1.29 is 9.18 Å². The molecule has 0 saturated heterocycles. The molecule has 0 unspecified atom stereocenters. The fourth-order valence-corrected chi connectivity index (χ4v) is 1.58. The number of aromatic nitrogens is 1. The van der Waals surface area contributed by atoms with Crippen molar-refractivity contribution in [3.05, 3.63) is 52.9 Å². The lowest BCUT2D eigenvalue weighted by molar-refractivity contribution is 0.102. The molecule has 1 aromatic heterocycles. The highest BCUT2D eigenvalue weighted by atomic mass is 35.5. The second-order valence-corrected chi connectivity index (χ2v) is 3.91. The molecule has 1 heterocycles. The van der Waals surface area contributed by atoms with Crippen molar-refractivity contribution in [1.29, 1.82) is 0 Å². The van der Waals surface area contributed by atoms with Crippen LogP contribution < -0.4 is 11.1 Å². The highest BCUT2D eigenvalue weighted by Crippen LogP contribution is 2.24. The number of amides is 1. The lowest BCUT2D eigenvalue weighted by Gasteiger charge is -2.07. The predicted octanol–water partition coefficient (Wildman–Crippen LogP) is 2.71. The Kier molecular flexibility index (Phi) is 3.43. The first-order chi connectivity index (χ1) is 8.58. The van der Waals surface area contributed by atoms with Crippen LogP contribution in [0.25, 0.3) is 0 Å². The number of nitrogens with one attached hydrogen (secondary N) is 1. The minimum Gasteiger partial charge on any atom is -0.384 e. The molecule has 2 rings (SSSR count). The topological polar surface area (TPSA) is 68.0 Å². The average Bonchev–Trinajstić information content (AvgIpc) is 2.34. The normalized spacial score (nSPS) is 10.1. The molecular formula is C12H9ClFN3O. The van der Waals surface area contributed by atoms with Crippen LogP contribution in [0.15, 0.2) is 36.4 Å². The summed E-state index contributed by atoms with van der Waals surface area (Å²) in [7, 11) is 0. The summed E-state index contributed by atoms with van der Waals surface area (Å²) in [5.41, 5.74) is 5.47. The van der Waals surface area contributed by atoms with Crippen molar-refractivity contribution in [2.45, 2.75) is 0 Å². The fourth-order valence-electron chi connectivity index (χ4n) is 1.37. The summed E-state index contributed by atoms with van der Waals surface area (Å²) < 4.78 is 13.5. The minimum absolute atomic E-state index is 0.0756. The molecule has 0 saturated carbocycles. The molecule has 0 aliphatic rings. The molecule has 2 aromatic rings. The molecule has 0 radical (unpaired) electrons. The Morgan fingerprint density at radius 1 is 1.28 bits per heavy atom. The summed E-state index contributed by atoms with van der Waals surface area (Å²) in [6.45, 7) is 0. The summed E-state index contributed by atoms with van der Waals surface area (Å²) in [5.74, 6) is -0.976. The third kappa shape index (κ3) is 2.57. The van der Waals surface area contributed by atoms with E-state index in [4.69, 9.17) is 17.3 Å². The lowest BCUT2D eigenvalue weighted by atomic mass is 10.2. The first kappa shape index (κ1) is 12.3. The van der Waals surface area contributed by atoms with Crippen LogP contribution in [0.2, 0.25) is 5.02 Å². The average molecular weight is 266 g/mol. The number of carbonyl (C=O) groups excluding carboxylic acids is 1. The van der Waals surface area contributed by atoms with E-state index >= 15 is 0 Å². The summed E-state index contributed by atoms with van der Waals surface area (Å²) in [6, 6.07) is 8.74. The molecule has 0 fully saturated rings. The molecule has 4 nitrogen and oxygen atoms in total. The van der Waals surface area contributed by atoms with Gasteiger partial charge in [-0.05, 0) is 24.3 Å². The van der Waals surface area contributed by atoms with Crippen molar-refractivity contribution in [1.82, 2.24) is 4.98 Å². The molecule has 18 heavy (non-hydrogen) atoms. The standard InChI is InChI=1S/C12H9ClFN3O/c13-7-3-1-4-8(14)11(7)17-12(18)9-5-2-6-10(15)16-9/h1-6H,(H2,15,16)(H,17,18). The maximum absolute atomic E-state index is 13.5. The van der Waals surface area contributed by atoms with E-state index in [1.807, 2.05) is 0 Å². The van der Waals surface area contributed by atoms with Crippen molar-refractivity contribution >= 4 is 29.0 Å². The van der Waals surface area contributed by atoms with Gasteiger partial charge in [-0.2, -0.15) is 0 Å². The van der Waals surface area contributed by atoms with Crippen molar-refractivity contribution in [3.63, 3.8) is 0 Å². The Morgan fingerprint density at radius 2 is 2.00 bits per heavy atom. The van der Waals surface area contributed by atoms with Crippen molar-refractivity contribution in [3.8, 4) is 0 Å². The predicted molar refractivity (Wildman–Crippen MR) is 68.0 cm³/mol. The largest absolute Gasteiger partial charge is 0.384 e. The van der Waals surface area contributed by atoms with Crippen LogP contribution in [0.1, 0.15) is 10.5 Å². The maximum atomic E-state index is 13.5. The number of nitrogen functional groups attached to an aromatic ring is 1. The van der Waals surface area contributed by atoms with Crippen molar-refractivity contribution in [2.75, 3.05) is 11.1 Å². The van der Waals surface area contributed by atoms with Crippen LogP contribution in [0.5, 0.6) is 0 Å². The van der Waals surface area contributed by atoms with Crippen LogP contribution in [0, 0.1) is 5.82 Å². The van der Waals surface area contributed by atoms with Gasteiger partial charge in [0.05, 0.1) is 10.7 Å². The van der Waals surface area contributed by atoms with Gasteiger partial charge in [0.25, 0.3) is 5.91 Å². The maximum Gasteiger partial charge on any atom is 0.274 e. The molecule has 0 bridgehead atoms. The summed E-state index contributed by atoms with van der Waals surface area (Å²) in [6.07, 6.45) is 0. The number of hydrogen-bond acceptors (Lipinski definition) is 3. The number of pyridine rings is 1. The van der Waals surface area contributed by atoms with Gasteiger partial charge in [-0.25, -0.2) is 9.37 Å². The number of nitrogens with zero attached hydrogens (tertiary/aromatic N) is 1. The van der Waals surface area contributed by atoms with Crippen molar-refractivity contribution in [2.24, 2.45) is 0 Å². The third-order valence-corrected chi connectivity index (χ3v) is 2.52. The number of anilines is 2. The zero-order valence-corrected chi connectivity index (χ0v) is 9.91. The number of benzene rings is 1. The van der Waals surface area contributed by atoms with E-state index in [0.29, 0.717) is 0 Å². The van der Waals surface area contributed by atoms with Gasteiger partial charge < -0.3 is 11.1 Å². The second-order valence-electron chi connectivity index (χ2n) is 3.50. The number of nitrogens with two attached hydrogens (primary N) is 1. The molecule has 1 amide bonds. The van der Waals surface area contributed by atoms with Gasteiger partial charge in [0.2, 0.25) is 0 Å². The van der Waals surface area contributed by atoms with Crippen LogP contribution in [0.4, 0.5) is 15.9 Å². The van der Waals surface area contributed by atoms with E-state index in [2.05, 4.69) is 10.3 Å². The fraction of sp³-hybridized carbons (Fsp3) is 0. The molecule has 0 spiro atoms. The molecule has 3 N–H and O–H groups in total. The number of rotatable bonds is 2. The molecule has 0 aliphatic heterocycles. The zero-order chi connectivity index (χ0) is 13.1. The molecular weight excluding hydrogens is 257 g/mol. The summed E-state index contributed by atoms with van der Waals surface area (Å²) in [4.78, 5) is 15.6. The van der Waals surface area contributed by atoms with Crippen LogP contribution in [0.3, 0.4) is 0 Å². The van der Waals surface area contributed by atoms with Gasteiger partial charge >= 0.3 is 0 Å². The first-order valence-electron chi connectivity index (χ1n) is 5.06. The van der Waals surface area contributed by atoms with Gasteiger partial charge in [0, 0.05) is 0 Å². The Hall–Kier alpha value is -2.14. The van der Waals surface area contributed by atoms with E-state index in [1.54, 1.807) is 12.1 Å². The number of para-hydroxylation sites is 1. The van der Waals surface area contributed by atoms with Gasteiger partial charge in [0.1, 0.15) is 17.3 Å². The monoisotopic (exact) mass is 265 g/mol. The molecule has 0 atom stereocenters. The van der Waals surface area contributed by atoms with Gasteiger partial charge in [-0.3, -0.25) is 4.79 Å². The number of halogens is 2. The van der Waals surface area contributed by atoms with Gasteiger partial charge in [-0.15, -0.1) is 0 Å². The number of carbonyl (C=O) groups is 1. The lowest BCUT2D eigenvalue weighted by Crippen LogP contribution is -2.15. The minimum atomic E-state index is -0.611. The highest BCUT2D eigenvalue weighted by molar-refractivity contribution is 6.33. The Balaban J connectivity index is 2.27. The van der Waals surface area contributed by atoms with E-state index < -0.39 is 11.7 Å². The summed E-state index contributed by atoms with van der Waals surface area (Å²) in [5, 5.41) is 2.48. The Morgan fingerprint density at radius 3 is 2.67 bits per heavy atom. The quantitative estimate of drug-likeness (QED) is 0.877. The Labute approximate surface area is 108 Å². The van der Waals surface area contributed by atoms with E-state index in [9.17, 15) is 9.18 Å². The number of hydrogen-bond donors (Lipinski definition) is 2. The van der Waals surface area contributed by atoms with E-state index in [1.165, 1.54) is 24.3 Å². The molecule has 0 aliphatic carbocycles. The smallest absolute Gasteiger partial charge is 0.274 e. The Bertz CT molecular complexity index is 583. The SMILES string of the molecule is Nc1cccc(C(=O)Nc2c(F)cccc2Cl)n1. The third-order valence-electron chi connectivity index (χ3n) is 2.20. The molecule has 6 heteroatoms. The second kappa shape index (κ2) is 5.01. The summed E-state index contributed by atoms with van der Waals surface area (Å²) >= 11 is 5.79. The van der Waals surface area contributed by atoms with Crippen LogP contribution in [-0.4, -0.2) is 10.9 Å². The van der Waals surface area contributed by atoms with Crippen LogP contribution >= 0.6 is 11.6 Å². The van der Waals surface area contributed by atoms with E-state index in [0.717, 1.165) is 0 Å². The van der Waals surface area contributed by atoms with Gasteiger partial charge in [0.15, 0.2) is 0 Å². The van der Waals surface area contributed by atoms with E-state index in [-0.39, 0.29) is 22.2 Å². The zero-order valence-electron chi connectivity index (χ0n) is 9.15. The molecule has 1 aromatic carbocycles. The first-order valence-corrected chi connectivity index (χ1v) is 5.43.